The van der Waals surface area contributed by atoms with E-state index in [0.717, 1.165) is 43.7 Å². The summed E-state index contributed by atoms with van der Waals surface area (Å²) in [7, 11) is 0. The second kappa shape index (κ2) is 6.28. The Balaban J connectivity index is 1.57. The van der Waals surface area contributed by atoms with E-state index < -0.39 is 23.3 Å². The normalized spacial score (nSPS) is 36.0. The average Bonchev–Trinajstić information content (AvgIpc) is 2.60. The van der Waals surface area contributed by atoms with Gasteiger partial charge in [-0.15, -0.1) is 0 Å². The van der Waals surface area contributed by atoms with Gasteiger partial charge in [0, 0.05) is 5.92 Å². The Morgan fingerprint density at radius 1 is 1.12 bits per heavy atom. The van der Waals surface area contributed by atoms with Gasteiger partial charge >= 0.3 is 12.1 Å². The van der Waals surface area contributed by atoms with Gasteiger partial charge in [0.15, 0.2) is 0 Å². The molecule has 3 bridgehead atoms. The zero-order valence-corrected chi connectivity index (χ0v) is 15.0. The van der Waals surface area contributed by atoms with Gasteiger partial charge in [0.25, 0.3) is 0 Å². The Hall–Kier alpha value is -1.52. The fourth-order valence-corrected chi connectivity index (χ4v) is 5.97. The van der Waals surface area contributed by atoms with Crippen LogP contribution in [0.15, 0.2) is 24.3 Å². The maximum absolute atomic E-state index is 12.8. The lowest BCUT2D eigenvalue weighted by atomic mass is 9.50. The summed E-state index contributed by atoms with van der Waals surface area (Å²) in [4.78, 5) is 12.8. The second-order valence-electron chi connectivity index (χ2n) is 8.33. The van der Waals surface area contributed by atoms with E-state index in [9.17, 15) is 18.0 Å². The zero-order chi connectivity index (χ0) is 18.5. The van der Waals surface area contributed by atoms with E-state index in [2.05, 4.69) is 6.92 Å². The van der Waals surface area contributed by atoms with Crippen molar-refractivity contribution >= 4 is 5.97 Å². The number of rotatable bonds is 3. The minimum absolute atomic E-state index is 0.208. The molecule has 3 saturated carbocycles. The third-order valence-corrected chi connectivity index (χ3v) is 7.21. The molecule has 5 heteroatoms. The van der Waals surface area contributed by atoms with Gasteiger partial charge in [0.05, 0.1) is 11.1 Å². The fourth-order valence-electron chi connectivity index (χ4n) is 5.97. The molecule has 3 fully saturated rings. The summed E-state index contributed by atoms with van der Waals surface area (Å²) in [5.74, 6) is 1.72. The summed E-state index contributed by atoms with van der Waals surface area (Å²) in [6.45, 7) is 2.09. The Morgan fingerprint density at radius 2 is 1.81 bits per heavy atom. The monoisotopic (exact) mass is 366 g/mol. The van der Waals surface area contributed by atoms with Crippen molar-refractivity contribution in [1.82, 2.24) is 0 Å². The van der Waals surface area contributed by atoms with Crippen LogP contribution in [-0.2, 0) is 10.9 Å². The van der Waals surface area contributed by atoms with Gasteiger partial charge in [-0.05, 0) is 80.5 Å². The van der Waals surface area contributed by atoms with E-state index in [4.69, 9.17) is 4.74 Å². The summed E-state index contributed by atoms with van der Waals surface area (Å²) >= 11 is 0. The molecule has 4 rings (SSSR count). The van der Waals surface area contributed by atoms with Crippen LogP contribution >= 0.6 is 0 Å². The van der Waals surface area contributed by atoms with Crippen molar-refractivity contribution in [3.05, 3.63) is 35.4 Å². The molecule has 5 atom stereocenters. The standard InChI is InChI=1S/C21H25F3O2/c1-2-20(17-10-5-14-4-3-13(11-17)12-18(14)20)26-19(25)15-6-8-16(9-7-15)21(22,23)24/h6-9,13-14,17-18H,2-5,10-12H2,1H3. The molecule has 0 spiro atoms. The molecule has 2 nitrogen and oxygen atoms in total. The van der Waals surface area contributed by atoms with Gasteiger partial charge in [-0.2, -0.15) is 13.2 Å². The molecule has 142 valence electrons. The number of alkyl halides is 3. The smallest absolute Gasteiger partial charge is 0.416 e. The first-order valence-electron chi connectivity index (χ1n) is 9.74. The van der Waals surface area contributed by atoms with Crippen LogP contribution < -0.4 is 0 Å². The van der Waals surface area contributed by atoms with Crippen LogP contribution in [0.25, 0.3) is 0 Å². The number of halogens is 3. The lowest BCUT2D eigenvalue weighted by Gasteiger charge is -2.59. The van der Waals surface area contributed by atoms with E-state index in [1.165, 1.54) is 31.4 Å². The molecule has 5 unspecified atom stereocenters. The molecule has 0 radical (unpaired) electrons. The highest BCUT2D eigenvalue weighted by Crippen LogP contribution is 2.59. The molecule has 1 aromatic rings. The number of benzene rings is 1. The van der Waals surface area contributed by atoms with Crippen LogP contribution in [0.3, 0.4) is 0 Å². The second-order valence-corrected chi connectivity index (χ2v) is 8.33. The number of ether oxygens (including phenoxy) is 1. The summed E-state index contributed by atoms with van der Waals surface area (Å²) in [5, 5.41) is 0. The largest absolute Gasteiger partial charge is 0.455 e. The molecule has 3 aliphatic rings. The minimum Gasteiger partial charge on any atom is -0.455 e. The molecule has 0 aromatic heterocycles. The average molecular weight is 366 g/mol. The highest BCUT2D eigenvalue weighted by Gasteiger charge is 2.58. The Labute approximate surface area is 152 Å². The van der Waals surface area contributed by atoms with E-state index in [1.54, 1.807) is 0 Å². The minimum atomic E-state index is -4.40. The quantitative estimate of drug-likeness (QED) is 0.627. The number of hydrogen-bond donors (Lipinski definition) is 0. The number of fused-ring (bicyclic) bond motifs is 2. The van der Waals surface area contributed by atoms with Crippen LogP contribution in [-0.4, -0.2) is 11.6 Å². The van der Waals surface area contributed by atoms with Crippen molar-refractivity contribution in [2.24, 2.45) is 23.7 Å². The van der Waals surface area contributed by atoms with Crippen molar-refractivity contribution in [2.45, 2.75) is 63.6 Å². The lowest BCUT2D eigenvalue weighted by Crippen LogP contribution is -2.59. The van der Waals surface area contributed by atoms with Crippen molar-refractivity contribution in [3.63, 3.8) is 0 Å². The number of esters is 1. The molecule has 0 saturated heterocycles. The number of hydrogen-bond acceptors (Lipinski definition) is 2. The first-order valence-corrected chi connectivity index (χ1v) is 9.74. The van der Waals surface area contributed by atoms with Crippen LogP contribution in [0.2, 0.25) is 0 Å². The summed E-state index contributed by atoms with van der Waals surface area (Å²) in [6.07, 6.45) is 3.50. The van der Waals surface area contributed by atoms with Gasteiger partial charge in [0.2, 0.25) is 0 Å². The zero-order valence-electron chi connectivity index (χ0n) is 15.0. The Morgan fingerprint density at radius 3 is 2.46 bits per heavy atom. The fraction of sp³-hybridized carbons (Fsp3) is 0.667. The van der Waals surface area contributed by atoms with Gasteiger partial charge in [-0.1, -0.05) is 13.3 Å². The molecule has 0 aliphatic heterocycles. The first-order chi connectivity index (χ1) is 12.3. The molecule has 0 heterocycles. The molecular formula is C21H25F3O2. The van der Waals surface area contributed by atoms with Crippen LogP contribution in [0.1, 0.15) is 67.8 Å². The summed E-state index contributed by atoms with van der Waals surface area (Å²) in [5.41, 5.74) is -0.967. The topological polar surface area (TPSA) is 26.3 Å². The Bertz CT molecular complexity index is 677. The highest BCUT2D eigenvalue weighted by atomic mass is 19.4. The number of carbonyl (C=O) groups is 1. The van der Waals surface area contributed by atoms with E-state index in [0.29, 0.717) is 17.8 Å². The van der Waals surface area contributed by atoms with Crippen molar-refractivity contribution < 1.29 is 22.7 Å². The van der Waals surface area contributed by atoms with Gasteiger partial charge in [-0.3, -0.25) is 0 Å². The highest BCUT2D eigenvalue weighted by molar-refractivity contribution is 5.89. The maximum Gasteiger partial charge on any atom is 0.416 e. The molecule has 0 amide bonds. The van der Waals surface area contributed by atoms with Gasteiger partial charge in [-0.25, -0.2) is 4.79 Å². The van der Waals surface area contributed by atoms with E-state index in [1.807, 2.05) is 0 Å². The molecular weight excluding hydrogens is 341 g/mol. The number of carbonyl (C=O) groups excluding carboxylic acids is 1. The molecule has 3 aliphatic carbocycles. The molecule has 1 aromatic carbocycles. The van der Waals surface area contributed by atoms with Gasteiger partial charge < -0.3 is 4.74 Å². The van der Waals surface area contributed by atoms with Crippen LogP contribution in [0.4, 0.5) is 13.2 Å². The molecule has 0 N–H and O–H groups in total. The first kappa shape index (κ1) is 17.9. The van der Waals surface area contributed by atoms with Crippen LogP contribution in [0, 0.1) is 23.7 Å². The summed E-state index contributed by atoms with van der Waals surface area (Å²) in [6, 6.07) is 4.39. The predicted molar refractivity (Wildman–Crippen MR) is 91.5 cm³/mol. The summed E-state index contributed by atoms with van der Waals surface area (Å²) < 4.78 is 44.3. The lowest BCUT2D eigenvalue weighted by molar-refractivity contribution is -0.175. The predicted octanol–water partition coefficient (Wildman–Crippen LogP) is 5.86. The maximum atomic E-state index is 12.8. The molecule has 26 heavy (non-hydrogen) atoms. The van der Waals surface area contributed by atoms with Crippen molar-refractivity contribution in [1.29, 1.82) is 0 Å². The third-order valence-electron chi connectivity index (χ3n) is 7.21. The third kappa shape index (κ3) is 2.84. The van der Waals surface area contributed by atoms with Crippen LogP contribution in [0.5, 0.6) is 0 Å². The van der Waals surface area contributed by atoms with E-state index in [-0.39, 0.29) is 5.56 Å². The van der Waals surface area contributed by atoms with Crippen molar-refractivity contribution in [2.75, 3.05) is 0 Å². The van der Waals surface area contributed by atoms with Gasteiger partial charge in [0.1, 0.15) is 5.60 Å². The van der Waals surface area contributed by atoms with E-state index >= 15 is 0 Å². The Kier molecular flexibility index (Phi) is 4.31. The SMILES string of the molecule is CCC1(OC(=O)c2ccc(C(F)(F)F)cc2)C2CCC3CCC(C2)CC31. The van der Waals surface area contributed by atoms with Crippen molar-refractivity contribution in [3.8, 4) is 0 Å².